The van der Waals surface area contributed by atoms with Crippen molar-refractivity contribution in [1.82, 2.24) is 0 Å². The van der Waals surface area contributed by atoms with Crippen LogP contribution in [0.25, 0.3) is 0 Å². The normalized spacial score (nSPS) is 12.5. The van der Waals surface area contributed by atoms with Crippen molar-refractivity contribution in [3.8, 4) is 0 Å². The first kappa shape index (κ1) is 19.0. The number of thiophene rings is 1. The van der Waals surface area contributed by atoms with Crippen LogP contribution in [0.1, 0.15) is 24.5 Å². The topological polar surface area (TPSA) is 55.4 Å². The minimum Gasteiger partial charge on any atom is -0.453 e. The standard InChI is InChI=1S/C17H16F3NO3S/c1-11(24-15(22)6-5-12-7-8-25-10-12)16(23)21-14-4-2-3-13(9-14)17(18,19)20/h2-4,7-11H,5-6H2,1H3,(H,21,23). The van der Waals surface area contributed by atoms with E-state index < -0.39 is 29.7 Å². The molecule has 2 rings (SSSR count). The molecule has 1 amide bonds. The maximum Gasteiger partial charge on any atom is 0.416 e. The molecule has 0 saturated carbocycles. The lowest BCUT2D eigenvalue weighted by Crippen LogP contribution is -2.30. The van der Waals surface area contributed by atoms with Gasteiger partial charge in [0.25, 0.3) is 5.91 Å². The maximum absolute atomic E-state index is 12.7. The Kier molecular flexibility index (Phi) is 6.19. The lowest BCUT2D eigenvalue weighted by molar-refractivity contribution is -0.153. The summed E-state index contributed by atoms with van der Waals surface area (Å²) in [6.45, 7) is 1.37. The maximum atomic E-state index is 12.7. The van der Waals surface area contributed by atoms with Gasteiger partial charge in [0.15, 0.2) is 6.10 Å². The molecule has 1 aromatic heterocycles. The smallest absolute Gasteiger partial charge is 0.416 e. The van der Waals surface area contributed by atoms with E-state index >= 15 is 0 Å². The van der Waals surface area contributed by atoms with Gasteiger partial charge in [0.1, 0.15) is 0 Å². The molecule has 0 aliphatic rings. The Morgan fingerprint density at radius 3 is 2.68 bits per heavy atom. The quantitative estimate of drug-likeness (QED) is 0.772. The lowest BCUT2D eigenvalue weighted by atomic mass is 10.2. The molecule has 1 heterocycles. The zero-order valence-electron chi connectivity index (χ0n) is 13.3. The molecule has 0 spiro atoms. The summed E-state index contributed by atoms with van der Waals surface area (Å²) in [6, 6.07) is 6.14. The van der Waals surface area contributed by atoms with Crippen LogP contribution in [0.2, 0.25) is 0 Å². The number of esters is 1. The first-order chi connectivity index (χ1) is 11.8. The number of hydrogen-bond acceptors (Lipinski definition) is 4. The molecular formula is C17H16F3NO3S. The van der Waals surface area contributed by atoms with Crippen LogP contribution >= 0.6 is 11.3 Å². The summed E-state index contributed by atoms with van der Waals surface area (Å²) < 4.78 is 43.0. The number of alkyl halides is 3. The van der Waals surface area contributed by atoms with Crippen molar-refractivity contribution in [3.63, 3.8) is 0 Å². The minimum atomic E-state index is -4.50. The lowest BCUT2D eigenvalue weighted by Gasteiger charge is -2.14. The summed E-state index contributed by atoms with van der Waals surface area (Å²) in [4.78, 5) is 23.7. The molecule has 1 N–H and O–H groups in total. The van der Waals surface area contributed by atoms with Gasteiger partial charge in [-0.05, 0) is 53.9 Å². The third-order valence-corrected chi connectivity index (χ3v) is 4.06. The van der Waals surface area contributed by atoms with Gasteiger partial charge in [-0.25, -0.2) is 0 Å². The number of ether oxygens (including phenoxy) is 1. The third-order valence-electron chi connectivity index (χ3n) is 3.33. The van der Waals surface area contributed by atoms with E-state index in [0.717, 1.165) is 17.7 Å². The molecule has 0 fully saturated rings. The molecule has 4 nitrogen and oxygen atoms in total. The second-order valence-electron chi connectivity index (χ2n) is 5.33. The second kappa shape index (κ2) is 8.15. The van der Waals surface area contributed by atoms with E-state index in [0.29, 0.717) is 6.42 Å². The van der Waals surface area contributed by atoms with Crippen LogP contribution in [0.3, 0.4) is 0 Å². The Bertz CT molecular complexity index is 729. The van der Waals surface area contributed by atoms with Crippen molar-refractivity contribution in [2.75, 3.05) is 5.32 Å². The number of anilines is 1. The molecule has 0 saturated heterocycles. The minimum absolute atomic E-state index is 0.0130. The first-order valence-corrected chi connectivity index (χ1v) is 8.38. The van der Waals surface area contributed by atoms with Crippen molar-refractivity contribution in [2.45, 2.75) is 32.0 Å². The van der Waals surface area contributed by atoms with Crippen LogP contribution < -0.4 is 5.32 Å². The molecule has 0 aliphatic heterocycles. The van der Waals surface area contributed by atoms with Crippen molar-refractivity contribution in [1.29, 1.82) is 0 Å². The van der Waals surface area contributed by atoms with Gasteiger partial charge >= 0.3 is 12.1 Å². The van der Waals surface area contributed by atoms with Crippen molar-refractivity contribution >= 4 is 28.9 Å². The highest BCUT2D eigenvalue weighted by Gasteiger charge is 2.30. The van der Waals surface area contributed by atoms with Crippen LogP contribution in [0, 0.1) is 0 Å². The number of benzene rings is 1. The number of rotatable bonds is 6. The van der Waals surface area contributed by atoms with Crippen LogP contribution in [0.5, 0.6) is 0 Å². The average Bonchev–Trinajstić information content (AvgIpc) is 3.05. The molecule has 1 atom stereocenters. The predicted octanol–water partition coefficient (Wildman–Crippen LogP) is 4.27. The highest BCUT2D eigenvalue weighted by Crippen LogP contribution is 2.30. The molecule has 134 valence electrons. The van der Waals surface area contributed by atoms with E-state index in [4.69, 9.17) is 4.74 Å². The summed E-state index contributed by atoms with van der Waals surface area (Å²) in [7, 11) is 0. The second-order valence-corrected chi connectivity index (χ2v) is 6.11. The van der Waals surface area contributed by atoms with E-state index in [2.05, 4.69) is 5.32 Å². The van der Waals surface area contributed by atoms with Crippen molar-refractivity contribution in [2.24, 2.45) is 0 Å². The SMILES string of the molecule is CC(OC(=O)CCc1ccsc1)C(=O)Nc1cccc(C(F)(F)F)c1. The van der Waals surface area contributed by atoms with Crippen molar-refractivity contribution in [3.05, 3.63) is 52.2 Å². The molecule has 1 aromatic carbocycles. The van der Waals surface area contributed by atoms with Crippen LogP contribution in [0.4, 0.5) is 18.9 Å². The van der Waals surface area contributed by atoms with E-state index in [1.54, 1.807) is 0 Å². The van der Waals surface area contributed by atoms with Gasteiger partial charge in [-0.1, -0.05) is 6.07 Å². The van der Waals surface area contributed by atoms with Gasteiger partial charge < -0.3 is 10.1 Å². The van der Waals surface area contributed by atoms with E-state index in [1.165, 1.54) is 30.4 Å². The number of nitrogens with one attached hydrogen (secondary N) is 1. The van der Waals surface area contributed by atoms with Crippen LogP contribution in [0.15, 0.2) is 41.1 Å². The summed E-state index contributed by atoms with van der Waals surface area (Å²) in [5.74, 6) is -1.24. The molecule has 1 unspecified atom stereocenters. The number of carbonyl (C=O) groups excluding carboxylic acids is 2. The number of aryl methyl sites for hydroxylation is 1. The van der Waals surface area contributed by atoms with Gasteiger partial charge in [0, 0.05) is 12.1 Å². The van der Waals surface area contributed by atoms with Crippen LogP contribution in [-0.2, 0) is 26.9 Å². The van der Waals surface area contributed by atoms with Crippen molar-refractivity contribution < 1.29 is 27.5 Å². The van der Waals surface area contributed by atoms with Gasteiger partial charge in [-0.3, -0.25) is 9.59 Å². The fourth-order valence-electron chi connectivity index (χ4n) is 2.01. The molecule has 8 heteroatoms. The van der Waals surface area contributed by atoms with Gasteiger partial charge in [-0.15, -0.1) is 0 Å². The van der Waals surface area contributed by atoms with Gasteiger partial charge in [0.2, 0.25) is 0 Å². The Labute approximate surface area is 146 Å². The predicted molar refractivity (Wildman–Crippen MR) is 88.3 cm³/mol. The number of hydrogen-bond donors (Lipinski definition) is 1. The zero-order valence-corrected chi connectivity index (χ0v) is 14.1. The Morgan fingerprint density at radius 1 is 1.28 bits per heavy atom. The van der Waals surface area contributed by atoms with Gasteiger partial charge in [0.05, 0.1) is 5.56 Å². The highest BCUT2D eigenvalue weighted by atomic mass is 32.1. The summed E-state index contributed by atoms with van der Waals surface area (Å²) >= 11 is 1.52. The molecular weight excluding hydrogens is 355 g/mol. The third kappa shape index (κ3) is 5.90. The Hall–Kier alpha value is -2.35. The van der Waals surface area contributed by atoms with Gasteiger partial charge in [-0.2, -0.15) is 24.5 Å². The van der Waals surface area contributed by atoms with E-state index in [-0.39, 0.29) is 12.1 Å². The van der Waals surface area contributed by atoms with E-state index in [1.807, 2.05) is 16.8 Å². The number of halogens is 3. The Balaban J connectivity index is 1.86. The molecule has 0 bridgehead atoms. The molecule has 0 aliphatic carbocycles. The number of amides is 1. The summed E-state index contributed by atoms with van der Waals surface area (Å²) in [5, 5.41) is 6.12. The van der Waals surface area contributed by atoms with E-state index in [9.17, 15) is 22.8 Å². The summed E-state index contributed by atoms with van der Waals surface area (Å²) in [6.07, 6.45) is -4.98. The molecule has 2 aromatic rings. The number of carbonyl (C=O) groups is 2. The largest absolute Gasteiger partial charge is 0.453 e. The Morgan fingerprint density at radius 2 is 2.04 bits per heavy atom. The molecule has 0 radical (unpaired) electrons. The fraction of sp³-hybridized carbons (Fsp3) is 0.294. The zero-order chi connectivity index (χ0) is 18.4. The summed E-state index contributed by atoms with van der Waals surface area (Å²) in [5.41, 5.74) is 0.120. The first-order valence-electron chi connectivity index (χ1n) is 7.44. The highest BCUT2D eigenvalue weighted by molar-refractivity contribution is 7.07. The molecule has 25 heavy (non-hydrogen) atoms. The van der Waals surface area contributed by atoms with Crippen LogP contribution in [-0.4, -0.2) is 18.0 Å². The monoisotopic (exact) mass is 371 g/mol. The average molecular weight is 371 g/mol. The fourth-order valence-corrected chi connectivity index (χ4v) is 2.71.